The summed E-state index contributed by atoms with van der Waals surface area (Å²) in [5, 5.41) is 0. The van der Waals surface area contributed by atoms with Crippen LogP contribution >= 0.6 is 0 Å². The second-order valence-corrected chi connectivity index (χ2v) is 14.1. The Morgan fingerprint density at radius 1 is 0.571 bits per heavy atom. The van der Waals surface area contributed by atoms with Crippen LogP contribution in [0.3, 0.4) is 0 Å². The van der Waals surface area contributed by atoms with Gasteiger partial charge in [0.1, 0.15) is 36.6 Å². The molecule has 2 saturated heterocycles. The predicted octanol–water partition coefficient (Wildman–Crippen LogP) is 8.10. The summed E-state index contributed by atoms with van der Waals surface area (Å²) in [5.74, 6) is -0.441. The summed E-state index contributed by atoms with van der Waals surface area (Å²) >= 11 is 0. The SMILES string of the molecule is C[C@@H]1O[C@@H](O[C@@H]2[C@@H](COCc3ccccc3)OCC[C@H]2OC(=O)c2ccccc2)[C@@H](OCc2ccccc2)[C@H](OCc2ccccc2)[C@@H]1OCc1ccccc1. The van der Waals surface area contributed by atoms with Gasteiger partial charge in [-0.2, -0.15) is 0 Å². The molecular formula is C47H50O9. The molecule has 8 atom stereocenters. The van der Waals surface area contributed by atoms with E-state index in [-0.39, 0.29) is 13.2 Å². The first-order valence-corrected chi connectivity index (χ1v) is 19.4. The number of rotatable bonds is 17. The maximum Gasteiger partial charge on any atom is 0.338 e. The van der Waals surface area contributed by atoms with Crippen LogP contribution in [0.2, 0.25) is 0 Å². The molecular weight excluding hydrogens is 709 g/mol. The van der Waals surface area contributed by atoms with Gasteiger partial charge >= 0.3 is 5.97 Å². The molecule has 9 heteroatoms. The Bertz CT molecular complexity index is 1860. The summed E-state index contributed by atoms with van der Waals surface area (Å²) in [6.07, 6.45) is -4.88. The lowest BCUT2D eigenvalue weighted by Crippen LogP contribution is -2.62. The first-order valence-electron chi connectivity index (χ1n) is 19.4. The minimum Gasteiger partial charge on any atom is -0.456 e. The molecule has 2 fully saturated rings. The number of ether oxygens (including phenoxy) is 8. The lowest BCUT2D eigenvalue weighted by molar-refractivity contribution is -0.344. The molecule has 0 N–H and O–H groups in total. The van der Waals surface area contributed by atoms with Gasteiger partial charge in [0, 0.05) is 6.42 Å². The van der Waals surface area contributed by atoms with Crippen molar-refractivity contribution in [2.45, 2.75) is 88.8 Å². The van der Waals surface area contributed by atoms with Crippen LogP contribution in [0.1, 0.15) is 46.0 Å². The quantitative estimate of drug-likeness (QED) is 0.0873. The van der Waals surface area contributed by atoms with Gasteiger partial charge < -0.3 is 37.9 Å². The Hall–Kier alpha value is -4.71. The molecule has 5 aromatic rings. The Morgan fingerprint density at radius 3 is 1.57 bits per heavy atom. The van der Waals surface area contributed by atoms with Crippen LogP contribution in [0.25, 0.3) is 0 Å². The molecule has 56 heavy (non-hydrogen) atoms. The third kappa shape index (κ3) is 11.0. The summed E-state index contributed by atoms with van der Waals surface area (Å²) in [5.41, 5.74) is 4.51. The van der Waals surface area contributed by atoms with E-state index in [9.17, 15) is 4.79 Å². The van der Waals surface area contributed by atoms with Gasteiger partial charge in [0.2, 0.25) is 0 Å². The fraction of sp³-hybridized carbons (Fsp3) is 0.340. The van der Waals surface area contributed by atoms with E-state index in [1.54, 1.807) is 12.1 Å². The lowest BCUT2D eigenvalue weighted by Gasteiger charge is -2.47. The zero-order valence-corrected chi connectivity index (χ0v) is 31.7. The summed E-state index contributed by atoms with van der Waals surface area (Å²) in [4.78, 5) is 13.5. The maximum atomic E-state index is 13.5. The van der Waals surface area contributed by atoms with Gasteiger partial charge in [0.15, 0.2) is 6.29 Å². The highest BCUT2D eigenvalue weighted by Gasteiger charge is 2.50. The van der Waals surface area contributed by atoms with Crippen LogP contribution in [0.15, 0.2) is 152 Å². The van der Waals surface area contributed by atoms with Crippen molar-refractivity contribution in [2.24, 2.45) is 0 Å². The first-order chi connectivity index (χ1) is 27.6. The molecule has 0 spiro atoms. The molecule has 0 amide bonds. The molecule has 9 nitrogen and oxygen atoms in total. The van der Waals surface area contributed by atoms with Crippen molar-refractivity contribution in [1.82, 2.24) is 0 Å². The molecule has 0 saturated carbocycles. The van der Waals surface area contributed by atoms with E-state index in [1.807, 2.05) is 146 Å². The minimum atomic E-state index is -0.952. The van der Waals surface area contributed by atoms with Crippen LogP contribution in [-0.2, 0) is 64.3 Å². The predicted molar refractivity (Wildman–Crippen MR) is 210 cm³/mol. The van der Waals surface area contributed by atoms with E-state index in [0.29, 0.717) is 38.4 Å². The van der Waals surface area contributed by atoms with Crippen molar-refractivity contribution in [1.29, 1.82) is 0 Å². The Balaban J connectivity index is 1.18. The summed E-state index contributed by atoms with van der Waals surface area (Å²) in [6, 6.07) is 48.9. The second-order valence-electron chi connectivity index (χ2n) is 14.1. The lowest BCUT2D eigenvalue weighted by atomic mass is 9.97. The van der Waals surface area contributed by atoms with Crippen molar-refractivity contribution in [3.05, 3.63) is 179 Å². The normalized spacial score (nSPS) is 25.0. The summed E-state index contributed by atoms with van der Waals surface area (Å²) in [7, 11) is 0. The van der Waals surface area contributed by atoms with Gasteiger partial charge in [-0.3, -0.25) is 0 Å². The third-order valence-electron chi connectivity index (χ3n) is 10.0. The largest absolute Gasteiger partial charge is 0.456 e. The highest BCUT2D eigenvalue weighted by molar-refractivity contribution is 5.89. The fourth-order valence-electron chi connectivity index (χ4n) is 7.06. The Labute approximate surface area is 329 Å². The van der Waals surface area contributed by atoms with Crippen LogP contribution < -0.4 is 0 Å². The van der Waals surface area contributed by atoms with Gasteiger partial charge in [0.05, 0.1) is 51.3 Å². The van der Waals surface area contributed by atoms with E-state index in [0.717, 1.165) is 22.3 Å². The Morgan fingerprint density at radius 2 is 1.04 bits per heavy atom. The topological polar surface area (TPSA) is 90.9 Å². The van der Waals surface area contributed by atoms with Crippen LogP contribution in [0.4, 0.5) is 0 Å². The van der Waals surface area contributed by atoms with Crippen LogP contribution in [-0.4, -0.2) is 68.2 Å². The molecule has 2 heterocycles. The van der Waals surface area contributed by atoms with Crippen LogP contribution in [0.5, 0.6) is 0 Å². The van der Waals surface area contributed by atoms with Crippen molar-refractivity contribution in [3.63, 3.8) is 0 Å². The average Bonchev–Trinajstić information content (AvgIpc) is 3.25. The fourth-order valence-corrected chi connectivity index (χ4v) is 7.06. The molecule has 7 rings (SSSR count). The average molecular weight is 759 g/mol. The van der Waals surface area contributed by atoms with Crippen molar-refractivity contribution in [2.75, 3.05) is 13.2 Å². The third-order valence-corrected chi connectivity index (χ3v) is 10.0. The molecule has 5 aromatic carbocycles. The number of esters is 1. The number of carbonyl (C=O) groups excluding carboxylic acids is 1. The standard InChI is InChI=1S/C47H50O9/c1-34-42(51-30-36-19-9-3-10-20-36)44(52-31-37-21-11-4-12-22-37)45(53-32-38-23-13-5-14-24-38)47(54-34)56-43-40(55-46(48)39-25-15-6-16-26-39)27-28-50-41(43)33-49-29-35-17-7-2-8-18-35/h2-26,34,40-45,47H,27-33H2,1H3/t34-,40+,41+,42+,43-,44+,45-,47-/m0/s1. The summed E-state index contributed by atoms with van der Waals surface area (Å²) in [6.45, 7) is 3.86. The second kappa shape index (κ2) is 20.5. The zero-order valence-electron chi connectivity index (χ0n) is 31.7. The smallest absolute Gasteiger partial charge is 0.338 e. The first kappa shape index (κ1) is 39.5. The van der Waals surface area contributed by atoms with E-state index < -0.39 is 55.0 Å². The molecule has 0 unspecified atom stereocenters. The monoisotopic (exact) mass is 758 g/mol. The highest BCUT2D eigenvalue weighted by Crippen LogP contribution is 2.34. The molecule has 0 aromatic heterocycles. The van der Waals surface area contributed by atoms with Gasteiger partial charge in [-0.15, -0.1) is 0 Å². The number of hydrogen-bond acceptors (Lipinski definition) is 9. The molecule has 2 aliphatic rings. The number of benzene rings is 5. The molecule has 292 valence electrons. The van der Waals surface area contributed by atoms with Crippen LogP contribution in [0, 0.1) is 0 Å². The van der Waals surface area contributed by atoms with Crippen molar-refractivity contribution >= 4 is 5.97 Å². The van der Waals surface area contributed by atoms with E-state index in [4.69, 9.17) is 37.9 Å². The number of hydrogen-bond donors (Lipinski definition) is 0. The maximum absolute atomic E-state index is 13.5. The molecule has 0 aliphatic carbocycles. The van der Waals surface area contributed by atoms with Gasteiger partial charge in [0.25, 0.3) is 0 Å². The molecule has 0 radical (unpaired) electrons. The van der Waals surface area contributed by atoms with Gasteiger partial charge in [-0.25, -0.2) is 4.79 Å². The molecule has 0 bridgehead atoms. The van der Waals surface area contributed by atoms with Gasteiger partial charge in [-0.05, 0) is 41.3 Å². The zero-order chi connectivity index (χ0) is 38.4. The van der Waals surface area contributed by atoms with Crippen molar-refractivity contribution < 1.29 is 42.7 Å². The Kier molecular flexibility index (Phi) is 14.4. The van der Waals surface area contributed by atoms with E-state index in [2.05, 4.69) is 0 Å². The number of carbonyl (C=O) groups is 1. The van der Waals surface area contributed by atoms with Crippen molar-refractivity contribution in [3.8, 4) is 0 Å². The van der Waals surface area contributed by atoms with E-state index >= 15 is 0 Å². The minimum absolute atomic E-state index is 0.202. The van der Waals surface area contributed by atoms with Gasteiger partial charge in [-0.1, -0.05) is 140 Å². The van der Waals surface area contributed by atoms with E-state index in [1.165, 1.54) is 0 Å². The highest BCUT2D eigenvalue weighted by atomic mass is 16.7. The summed E-state index contributed by atoms with van der Waals surface area (Å²) < 4.78 is 52.7. The molecule has 2 aliphatic heterocycles.